The van der Waals surface area contributed by atoms with Crippen LogP contribution in [0.2, 0.25) is 0 Å². The first-order valence-corrected chi connectivity index (χ1v) is 30.4. The molecule has 0 unspecified atom stereocenters. The summed E-state index contributed by atoms with van der Waals surface area (Å²) in [5.41, 5.74) is 28.1. The number of hydrogen-bond donors (Lipinski definition) is 0. The minimum atomic E-state index is -0.346. The maximum absolute atomic E-state index is 2.65. The van der Waals surface area contributed by atoms with Gasteiger partial charge in [0.1, 0.15) is 0 Å². The van der Waals surface area contributed by atoms with Crippen LogP contribution < -0.4 is 31.1 Å². The Morgan fingerprint density at radius 2 is 0.810 bits per heavy atom. The SMILES string of the molecule is CC(C)(C)c1ccc(N(c2ccc(C(C)(C)C)cc2)c2ccc3c(c2)N(c2ccc(C(C)(C)C)cc2)c2cccc4c2B3c2cc3c(c(-n5c6ccccc6c6ccccc65)c2N4c2ccc(C(C)(C)C)cc2)C(C)(C)c2ccccc2-3)cc1. The van der Waals surface area contributed by atoms with Crippen molar-refractivity contribution in [2.45, 2.75) is 124 Å². The third-order valence-corrected chi connectivity index (χ3v) is 18.8. The van der Waals surface area contributed by atoms with Crippen molar-refractivity contribution in [3.63, 3.8) is 0 Å². The first kappa shape index (κ1) is 53.5. The predicted octanol–water partition coefficient (Wildman–Crippen LogP) is 19.8. The van der Waals surface area contributed by atoms with E-state index in [1.807, 2.05) is 0 Å². The van der Waals surface area contributed by atoms with E-state index in [-0.39, 0.29) is 33.8 Å². The van der Waals surface area contributed by atoms with Gasteiger partial charge in [0.2, 0.25) is 0 Å². The Morgan fingerprint density at radius 3 is 1.32 bits per heavy atom. The van der Waals surface area contributed by atoms with Crippen molar-refractivity contribution < 1.29 is 0 Å². The number of para-hydroxylation sites is 2. The summed E-state index contributed by atoms with van der Waals surface area (Å²) in [6.07, 6.45) is 0. The van der Waals surface area contributed by atoms with Gasteiger partial charge in [-0.2, -0.15) is 0 Å². The van der Waals surface area contributed by atoms with Crippen LogP contribution in [0.15, 0.2) is 212 Å². The maximum atomic E-state index is 2.65. The van der Waals surface area contributed by atoms with Crippen molar-refractivity contribution >= 4 is 96.1 Å². The molecule has 11 aromatic rings. The van der Waals surface area contributed by atoms with Crippen LogP contribution in [0.3, 0.4) is 0 Å². The molecule has 0 radical (unpaired) electrons. The fraction of sp³-hybridized carbons (Fsp3) is 0.241. The maximum Gasteiger partial charge on any atom is 0.252 e. The molecule has 4 nitrogen and oxygen atoms in total. The quantitative estimate of drug-likeness (QED) is 0.154. The zero-order chi connectivity index (χ0) is 58.6. The van der Waals surface area contributed by atoms with E-state index in [0.717, 1.165) is 28.4 Å². The van der Waals surface area contributed by atoms with Crippen LogP contribution >= 0.6 is 0 Å². The van der Waals surface area contributed by atoms with Gasteiger partial charge in [-0.1, -0.05) is 224 Å². The number of benzene rings is 10. The Balaban J connectivity index is 1.11. The summed E-state index contributed by atoms with van der Waals surface area (Å²) in [4.78, 5) is 7.70. The monoisotopic (exact) mass is 1090 g/mol. The van der Waals surface area contributed by atoms with E-state index >= 15 is 0 Å². The zero-order valence-electron chi connectivity index (χ0n) is 51.6. The summed E-state index contributed by atoms with van der Waals surface area (Å²) < 4.78 is 2.64. The molecule has 14 rings (SSSR count). The van der Waals surface area contributed by atoms with Gasteiger partial charge in [-0.3, -0.25) is 0 Å². The van der Waals surface area contributed by atoms with Crippen molar-refractivity contribution in [1.29, 1.82) is 0 Å². The summed E-state index contributed by atoms with van der Waals surface area (Å²) in [5, 5.41) is 2.50. The fourth-order valence-corrected chi connectivity index (χ4v) is 14.3. The smallest absolute Gasteiger partial charge is 0.252 e. The standard InChI is InChI=1S/C79H77BN4/c1-75(2,3)50-30-38-54(39-31-50)81(55-40-32-51(33-41-55)76(4,5)6)58-46-47-64-70(48-58)82(56-42-34-52(35-43-56)77(7,8)9)68-28-21-29-69-72(68)80(64)65-49-62-59-22-15-18-25-63(59)79(13,14)71(62)74(73(65)83(69)57-44-36-53(37-45-57)78(10,11)12)84-66-26-19-16-23-60(66)61-24-17-20-27-67(61)84/h15-49H,1-14H3. The molecular formula is C79H77BN4. The first-order chi connectivity index (χ1) is 40.0. The highest BCUT2D eigenvalue weighted by atomic mass is 15.2. The topological polar surface area (TPSA) is 14.7 Å². The van der Waals surface area contributed by atoms with Crippen LogP contribution in [-0.4, -0.2) is 11.3 Å². The van der Waals surface area contributed by atoms with Gasteiger partial charge in [0, 0.05) is 61.7 Å². The summed E-state index contributed by atoms with van der Waals surface area (Å²) >= 11 is 0. The number of anilines is 9. The van der Waals surface area contributed by atoms with Crippen molar-refractivity contribution in [1.82, 2.24) is 4.57 Å². The lowest BCUT2D eigenvalue weighted by Crippen LogP contribution is -2.61. The van der Waals surface area contributed by atoms with Crippen LogP contribution in [0.1, 0.15) is 130 Å². The fourth-order valence-electron chi connectivity index (χ4n) is 14.3. The van der Waals surface area contributed by atoms with Crippen LogP contribution in [0.4, 0.5) is 51.2 Å². The minimum Gasteiger partial charge on any atom is -0.311 e. The first-order valence-electron chi connectivity index (χ1n) is 30.4. The van der Waals surface area contributed by atoms with Crippen LogP contribution in [0.5, 0.6) is 0 Å². The number of rotatable bonds is 6. The van der Waals surface area contributed by atoms with E-state index in [0.29, 0.717) is 0 Å². The van der Waals surface area contributed by atoms with Gasteiger partial charge in [-0.05, 0) is 167 Å². The number of fused-ring (bicyclic) bond motifs is 10. The minimum absolute atomic E-state index is 0.0115. The molecule has 5 heteroatoms. The molecule has 0 saturated heterocycles. The van der Waals surface area contributed by atoms with Crippen molar-refractivity contribution in [2.24, 2.45) is 0 Å². The average molecular weight is 1090 g/mol. The molecule has 0 saturated carbocycles. The van der Waals surface area contributed by atoms with Crippen molar-refractivity contribution in [3.8, 4) is 16.8 Å². The van der Waals surface area contributed by atoms with E-state index in [4.69, 9.17) is 0 Å². The van der Waals surface area contributed by atoms with Crippen LogP contribution in [0.25, 0.3) is 38.6 Å². The molecule has 84 heavy (non-hydrogen) atoms. The number of nitrogens with zero attached hydrogens (tertiary/aromatic N) is 4. The lowest BCUT2D eigenvalue weighted by Gasteiger charge is -2.46. The molecule has 0 atom stereocenters. The third kappa shape index (κ3) is 8.31. The molecule has 0 fully saturated rings. The van der Waals surface area contributed by atoms with E-state index in [9.17, 15) is 0 Å². The van der Waals surface area contributed by atoms with Crippen molar-refractivity contribution in [2.75, 3.05) is 14.7 Å². The highest BCUT2D eigenvalue weighted by molar-refractivity contribution is 7.00. The van der Waals surface area contributed by atoms with E-state index in [1.54, 1.807) is 0 Å². The molecule has 0 bridgehead atoms. The average Bonchev–Trinajstić information content (AvgIpc) is 1.36. The third-order valence-electron chi connectivity index (χ3n) is 18.8. The highest BCUT2D eigenvalue weighted by Gasteiger charge is 2.49. The Morgan fingerprint density at radius 1 is 0.369 bits per heavy atom. The highest BCUT2D eigenvalue weighted by Crippen LogP contribution is 2.57. The summed E-state index contributed by atoms with van der Waals surface area (Å²) in [6, 6.07) is 81.9. The second-order valence-corrected chi connectivity index (χ2v) is 28.7. The number of aromatic nitrogens is 1. The van der Waals surface area contributed by atoms with Gasteiger partial charge >= 0.3 is 0 Å². The molecule has 1 aliphatic carbocycles. The van der Waals surface area contributed by atoms with E-state index in [2.05, 4.69) is 329 Å². The predicted molar refractivity (Wildman–Crippen MR) is 362 cm³/mol. The van der Waals surface area contributed by atoms with Crippen molar-refractivity contribution in [3.05, 3.63) is 246 Å². The molecule has 3 aliphatic rings. The summed E-state index contributed by atoms with van der Waals surface area (Å²) in [6.45, 7) is 32.4. The lowest BCUT2D eigenvalue weighted by atomic mass is 9.33. The molecule has 0 spiro atoms. The van der Waals surface area contributed by atoms with E-state index < -0.39 is 0 Å². The Bertz CT molecular complexity index is 4310. The van der Waals surface area contributed by atoms with E-state index in [1.165, 1.54) is 111 Å². The molecule has 416 valence electrons. The van der Waals surface area contributed by atoms with Gasteiger partial charge in [0.25, 0.3) is 6.71 Å². The zero-order valence-corrected chi connectivity index (χ0v) is 51.6. The molecule has 1 aromatic heterocycles. The molecule has 0 amide bonds. The van der Waals surface area contributed by atoms with Gasteiger partial charge in [0.05, 0.1) is 22.4 Å². The number of hydrogen-bond acceptors (Lipinski definition) is 3. The van der Waals surface area contributed by atoms with Crippen LogP contribution in [0, 0.1) is 0 Å². The second-order valence-electron chi connectivity index (χ2n) is 28.7. The second kappa shape index (κ2) is 18.7. The molecular weight excluding hydrogens is 1020 g/mol. The Kier molecular flexibility index (Phi) is 11.9. The van der Waals surface area contributed by atoms with Gasteiger partial charge in [0.15, 0.2) is 0 Å². The molecule has 10 aromatic carbocycles. The molecule has 2 aliphatic heterocycles. The molecule has 3 heterocycles. The largest absolute Gasteiger partial charge is 0.311 e. The Hall–Kier alpha value is -8.54. The normalized spacial score (nSPS) is 14.3. The lowest BCUT2D eigenvalue weighted by molar-refractivity contribution is 0.590. The van der Waals surface area contributed by atoms with Crippen LogP contribution in [-0.2, 0) is 27.1 Å². The van der Waals surface area contributed by atoms with Gasteiger partial charge in [-0.15, -0.1) is 0 Å². The summed E-state index contributed by atoms with van der Waals surface area (Å²) in [5.74, 6) is 0. The Labute approximate surface area is 499 Å². The van der Waals surface area contributed by atoms with Gasteiger partial charge in [-0.25, -0.2) is 0 Å². The summed E-state index contributed by atoms with van der Waals surface area (Å²) in [7, 11) is 0. The van der Waals surface area contributed by atoms with Gasteiger partial charge < -0.3 is 19.3 Å². The molecule has 0 N–H and O–H groups in total.